The molecule has 0 saturated heterocycles. The zero-order chi connectivity index (χ0) is 6.41. The first-order valence-electron chi connectivity index (χ1n) is 2.06. The first-order valence-corrected chi connectivity index (χ1v) is 2.94. The lowest BCUT2D eigenvalue weighted by Crippen LogP contribution is -1.95. The van der Waals surface area contributed by atoms with Crippen LogP contribution in [0.2, 0.25) is 0 Å². The van der Waals surface area contributed by atoms with Crippen LogP contribution in [0.3, 0.4) is 0 Å². The van der Waals surface area contributed by atoms with Gasteiger partial charge in [0.25, 0.3) is 0 Å². The third-order valence-electron chi connectivity index (χ3n) is 0.552. The van der Waals surface area contributed by atoms with Crippen molar-refractivity contribution in [3.8, 4) is 0 Å². The van der Waals surface area contributed by atoms with Gasteiger partial charge in [-0.1, -0.05) is 0 Å². The quantitative estimate of drug-likeness (QED) is 0.531. The van der Waals surface area contributed by atoms with Crippen LogP contribution in [0.1, 0.15) is 12.8 Å². The Balaban J connectivity index is 3.11. The number of hydrogen-bond donors (Lipinski definition) is 0. The average Bonchev–Trinajstić information content (AvgIpc) is 1.83. The summed E-state index contributed by atoms with van der Waals surface area (Å²) in [6.07, 6.45) is 1.13. The van der Waals surface area contributed by atoms with Crippen molar-refractivity contribution in [3.05, 3.63) is 0 Å². The van der Waals surface area contributed by atoms with E-state index in [1.54, 1.807) is 0 Å². The second-order valence-corrected chi connectivity index (χ2v) is 1.59. The SMILES string of the molecule is O=CCCC(=O)OI. The van der Waals surface area contributed by atoms with E-state index in [9.17, 15) is 9.59 Å². The van der Waals surface area contributed by atoms with E-state index in [1.165, 1.54) is 23.0 Å². The van der Waals surface area contributed by atoms with Crippen LogP contribution in [-0.2, 0) is 12.7 Å². The molecule has 0 aliphatic carbocycles. The monoisotopic (exact) mass is 228 g/mol. The van der Waals surface area contributed by atoms with Crippen LogP contribution in [0.5, 0.6) is 0 Å². The maximum Gasteiger partial charge on any atom is 0.315 e. The molecule has 0 aromatic heterocycles. The van der Waals surface area contributed by atoms with E-state index in [-0.39, 0.29) is 18.8 Å². The van der Waals surface area contributed by atoms with Crippen molar-refractivity contribution in [2.75, 3.05) is 0 Å². The highest BCUT2D eigenvalue weighted by Crippen LogP contribution is 1.93. The minimum absolute atomic E-state index is 0.187. The summed E-state index contributed by atoms with van der Waals surface area (Å²) in [5.41, 5.74) is 0. The minimum Gasteiger partial charge on any atom is -0.394 e. The molecule has 0 rings (SSSR count). The van der Waals surface area contributed by atoms with Crippen molar-refractivity contribution in [2.45, 2.75) is 12.8 Å². The van der Waals surface area contributed by atoms with E-state index in [1.807, 2.05) is 0 Å². The second-order valence-electron chi connectivity index (χ2n) is 1.15. The molecular weight excluding hydrogens is 223 g/mol. The number of rotatable bonds is 3. The molecule has 0 fully saturated rings. The van der Waals surface area contributed by atoms with Crippen LogP contribution in [0.15, 0.2) is 0 Å². The molecule has 0 atom stereocenters. The Morgan fingerprint density at radius 3 is 2.75 bits per heavy atom. The maximum atomic E-state index is 10.2. The molecule has 0 amide bonds. The van der Waals surface area contributed by atoms with Gasteiger partial charge in [-0.05, 0) is 0 Å². The number of halogens is 1. The van der Waals surface area contributed by atoms with Crippen molar-refractivity contribution in [3.63, 3.8) is 0 Å². The van der Waals surface area contributed by atoms with Crippen LogP contribution in [0, 0.1) is 0 Å². The third kappa shape index (κ3) is 4.04. The lowest BCUT2D eigenvalue weighted by Gasteiger charge is -1.87. The normalized spacial score (nSPS) is 8.12. The lowest BCUT2D eigenvalue weighted by atomic mass is 10.3. The van der Waals surface area contributed by atoms with Gasteiger partial charge in [0.1, 0.15) is 6.29 Å². The largest absolute Gasteiger partial charge is 0.394 e. The minimum atomic E-state index is -0.349. The molecule has 0 spiro atoms. The van der Waals surface area contributed by atoms with Gasteiger partial charge < -0.3 is 7.86 Å². The molecule has 0 aromatic carbocycles. The summed E-state index contributed by atoms with van der Waals surface area (Å²) in [5.74, 6) is -0.349. The van der Waals surface area contributed by atoms with Gasteiger partial charge in [0.15, 0.2) is 23.0 Å². The van der Waals surface area contributed by atoms with Gasteiger partial charge in [0.05, 0.1) is 6.42 Å². The number of carbonyl (C=O) groups excluding carboxylic acids is 2. The Morgan fingerprint density at radius 2 is 2.38 bits per heavy atom. The van der Waals surface area contributed by atoms with Gasteiger partial charge >= 0.3 is 5.97 Å². The van der Waals surface area contributed by atoms with Gasteiger partial charge in [-0.2, -0.15) is 0 Å². The molecule has 0 aromatic rings. The summed E-state index contributed by atoms with van der Waals surface area (Å²) in [4.78, 5) is 19.8. The van der Waals surface area contributed by atoms with Crippen LogP contribution < -0.4 is 0 Å². The Bertz CT molecular complexity index is 91.3. The fourth-order valence-corrected chi connectivity index (χ4v) is 0.436. The van der Waals surface area contributed by atoms with Gasteiger partial charge in [0, 0.05) is 6.42 Å². The van der Waals surface area contributed by atoms with E-state index in [0.717, 1.165) is 0 Å². The summed E-state index contributed by atoms with van der Waals surface area (Å²) in [7, 11) is 0. The Morgan fingerprint density at radius 1 is 1.75 bits per heavy atom. The second kappa shape index (κ2) is 5.02. The zero-order valence-corrected chi connectivity index (χ0v) is 6.25. The summed E-state index contributed by atoms with van der Waals surface area (Å²) >= 11 is 1.49. The summed E-state index contributed by atoms with van der Waals surface area (Å²) in [6, 6.07) is 0. The Hall–Kier alpha value is -0.130. The molecule has 0 heterocycles. The lowest BCUT2D eigenvalue weighted by molar-refractivity contribution is -0.132. The molecule has 8 heavy (non-hydrogen) atoms. The highest BCUT2D eigenvalue weighted by molar-refractivity contribution is 14.1. The number of hydrogen-bond acceptors (Lipinski definition) is 3. The first kappa shape index (κ1) is 7.87. The van der Waals surface area contributed by atoms with Crippen LogP contribution in [0.4, 0.5) is 0 Å². The zero-order valence-electron chi connectivity index (χ0n) is 4.09. The van der Waals surface area contributed by atoms with Crippen molar-refractivity contribution in [1.29, 1.82) is 0 Å². The molecule has 0 unspecified atom stereocenters. The molecule has 3 nitrogen and oxygen atoms in total. The van der Waals surface area contributed by atoms with E-state index < -0.39 is 0 Å². The van der Waals surface area contributed by atoms with Crippen LogP contribution in [-0.4, -0.2) is 12.3 Å². The number of aldehydes is 1. The van der Waals surface area contributed by atoms with E-state index >= 15 is 0 Å². The average molecular weight is 228 g/mol. The summed E-state index contributed by atoms with van der Waals surface area (Å²) < 4.78 is 4.22. The molecule has 0 aliphatic rings. The van der Waals surface area contributed by atoms with Crippen molar-refractivity contribution >= 4 is 35.3 Å². The molecule has 0 N–H and O–H groups in total. The molecule has 0 radical (unpaired) electrons. The summed E-state index contributed by atoms with van der Waals surface area (Å²) in [5, 5.41) is 0. The third-order valence-corrected chi connectivity index (χ3v) is 1.04. The highest BCUT2D eigenvalue weighted by Gasteiger charge is 1.97. The van der Waals surface area contributed by atoms with Gasteiger partial charge in [0.2, 0.25) is 0 Å². The predicted octanol–water partition coefficient (Wildman–Crippen LogP) is 0.859. The van der Waals surface area contributed by atoms with Gasteiger partial charge in [-0.3, -0.25) is 4.79 Å². The summed E-state index contributed by atoms with van der Waals surface area (Å²) in [6.45, 7) is 0. The predicted molar refractivity (Wildman–Crippen MR) is 35.4 cm³/mol. The Labute approximate surface area is 61.1 Å². The van der Waals surface area contributed by atoms with Gasteiger partial charge in [-0.15, -0.1) is 0 Å². The number of carbonyl (C=O) groups is 2. The first-order chi connectivity index (χ1) is 3.81. The molecule has 4 heteroatoms. The highest BCUT2D eigenvalue weighted by atomic mass is 127. The molecular formula is C4H5IO3. The van der Waals surface area contributed by atoms with Crippen LogP contribution in [0.25, 0.3) is 0 Å². The topological polar surface area (TPSA) is 43.4 Å². The van der Waals surface area contributed by atoms with E-state index in [4.69, 9.17) is 0 Å². The van der Waals surface area contributed by atoms with E-state index in [0.29, 0.717) is 6.29 Å². The molecule has 46 valence electrons. The molecule has 0 aliphatic heterocycles. The fourth-order valence-electron chi connectivity index (χ4n) is 0.215. The standard InChI is InChI=1S/C4H5IO3/c5-8-4(7)2-1-3-6/h3H,1-2H2. The van der Waals surface area contributed by atoms with Crippen molar-refractivity contribution in [1.82, 2.24) is 0 Å². The molecule has 0 bridgehead atoms. The Kier molecular flexibility index (Phi) is 4.93. The van der Waals surface area contributed by atoms with Crippen molar-refractivity contribution in [2.24, 2.45) is 0 Å². The fraction of sp³-hybridized carbons (Fsp3) is 0.500. The van der Waals surface area contributed by atoms with Crippen molar-refractivity contribution < 1.29 is 12.7 Å². The van der Waals surface area contributed by atoms with Crippen LogP contribution >= 0.6 is 23.0 Å². The van der Waals surface area contributed by atoms with E-state index in [2.05, 4.69) is 3.07 Å². The molecule has 0 saturated carbocycles. The smallest absolute Gasteiger partial charge is 0.315 e. The maximum absolute atomic E-state index is 10.2. The van der Waals surface area contributed by atoms with Gasteiger partial charge in [-0.25, -0.2) is 0 Å².